The second kappa shape index (κ2) is 6.87. The van der Waals surface area contributed by atoms with Crippen molar-refractivity contribution in [3.8, 4) is 0 Å². The molecule has 5 heteroatoms. The molecule has 2 N–H and O–H groups in total. The van der Waals surface area contributed by atoms with E-state index in [1.54, 1.807) is 6.92 Å². The summed E-state index contributed by atoms with van der Waals surface area (Å²) in [4.78, 5) is 16.7. The van der Waals surface area contributed by atoms with Crippen LogP contribution in [0, 0.1) is 0 Å². The summed E-state index contributed by atoms with van der Waals surface area (Å²) in [5.74, 6) is -0.308. The fourth-order valence-corrected chi connectivity index (χ4v) is 3.42. The molecule has 5 nitrogen and oxygen atoms in total. The number of fused-ring (bicyclic) bond motifs is 1. The second-order valence-electron chi connectivity index (χ2n) is 6.50. The van der Waals surface area contributed by atoms with Gasteiger partial charge in [-0.1, -0.05) is 0 Å². The lowest BCUT2D eigenvalue weighted by molar-refractivity contribution is -0.146. The highest BCUT2D eigenvalue weighted by atomic mass is 16.5. The Balaban J connectivity index is 1.63. The summed E-state index contributed by atoms with van der Waals surface area (Å²) in [5, 5.41) is 0. The Morgan fingerprint density at radius 2 is 2.15 bits per heavy atom. The van der Waals surface area contributed by atoms with Gasteiger partial charge in [0.1, 0.15) is 5.54 Å². The number of nitrogens with zero attached hydrogens (tertiary/aromatic N) is 2. The van der Waals surface area contributed by atoms with Gasteiger partial charge in [-0.25, -0.2) is 0 Å². The first-order valence-corrected chi connectivity index (χ1v) is 7.86. The number of hydrogen-bond acceptors (Lipinski definition) is 5. The van der Waals surface area contributed by atoms with Gasteiger partial charge in [0.25, 0.3) is 0 Å². The number of methoxy groups -OCH3 is 1. The standard InChI is InChI=1S/C15H29N3O2/c1-15(16,14(19)20-2)7-3-4-8-17-10-11-18-9-5-6-13(18)12-17/h13H,3-12,16H2,1-2H3. The minimum Gasteiger partial charge on any atom is -0.468 e. The molecule has 116 valence electrons. The van der Waals surface area contributed by atoms with Gasteiger partial charge in [-0.15, -0.1) is 0 Å². The second-order valence-corrected chi connectivity index (χ2v) is 6.50. The van der Waals surface area contributed by atoms with Gasteiger partial charge < -0.3 is 15.4 Å². The van der Waals surface area contributed by atoms with Crippen LogP contribution in [0.25, 0.3) is 0 Å². The van der Waals surface area contributed by atoms with Crippen LogP contribution in [-0.4, -0.2) is 67.2 Å². The van der Waals surface area contributed by atoms with Gasteiger partial charge in [0.15, 0.2) is 0 Å². The average molecular weight is 283 g/mol. The smallest absolute Gasteiger partial charge is 0.325 e. The normalized spacial score (nSPS) is 27.1. The van der Waals surface area contributed by atoms with E-state index in [1.165, 1.54) is 46.1 Å². The summed E-state index contributed by atoms with van der Waals surface area (Å²) >= 11 is 0. The van der Waals surface area contributed by atoms with E-state index in [4.69, 9.17) is 10.5 Å². The van der Waals surface area contributed by atoms with Crippen molar-refractivity contribution >= 4 is 5.97 Å². The van der Waals surface area contributed by atoms with E-state index in [0.717, 1.165) is 25.4 Å². The number of hydrogen-bond donors (Lipinski definition) is 1. The van der Waals surface area contributed by atoms with Gasteiger partial charge in [-0.2, -0.15) is 0 Å². The summed E-state index contributed by atoms with van der Waals surface area (Å²) < 4.78 is 4.73. The Hall–Kier alpha value is -0.650. The minimum atomic E-state index is -0.834. The van der Waals surface area contributed by atoms with E-state index in [-0.39, 0.29) is 5.97 Å². The number of unbranched alkanes of at least 4 members (excludes halogenated alkanes) is 1. The quantitative estimate of drug-likeness (QED) is 0.578. The molecule has 0 aromatic heterocycles. The first kappa shape index (κ1) is 15.7. The van der Waals surface area contributed by atoms with E-state index >= 15 is 0 Å². The molecule has 2 saturated heterocycles. The van der Waals surface area contributed by atoms with Crippen molar-refractivity contribution in [2.24, 2.45) is 5.73 Å². The third-order valence-electron chi connectivity index (χ3n) is 4.74. The highest BCUT2D eigenvalue weighted by molar-refractivity contribution is 5.79. The zero-order valence-electron chi connectivity index (χ0n) is 12.9. The van der Waals surface area contributed by atoms with Crippen molar-refractivity contribution in [1.29, 1.82) is 0 Å². The van der Waals surface area contributed by atoms with Gasteiger partial charge >= 0.3 is 5.97 Å². The number of piperazine rings is 1. The van der Waals surface area contributed by atoms with Gasteiger partial charge in [0.05, 0.1) is 7.11 Å². The fourth-order valence-electron chi connectivity index (χ4n) is 3.42. The first-order chi connectivity index (χ1) is 9.53. The predicted molar refractivity (Wildman–Crippen MR) is 79.5 cm³/mol. The highest BCUT2D eigenvalue weighted by Gasteiger charge is 2.31. The number of ether oxygens (including phenoxy) is 1. The Morgan fingerprint density at radius 3 is 2.90 bits per heavy atom. The number of esters is 1. The third-order valence-corrected chi connectivity index (χ3v) is 4.74. The van der Waals surface area contributed by atoms with Crippen LogP contribution >= 0.6 is 0 Å². The van der Waals surface area contributed by atoms with Crippen LogP contribution in [0.2, 0.25) is 0 Å². The van der Waals surface area contributed by atoms with Crippen LogP contribution in [0.4, 0.5) is 0 Å². The van der Waals surface area contributed by atoms with Crippen molar-refractivity contribution in [1.82, 2.24) is 9.80 Å². The highest BCUT2D eigenvalue weighted by Crippen LogP contribution is 2.22. The summed E-state index contributed by atoms with van der Waals surface area (Å²) in [6.45, 7) is 7.81. The Labute approximate surface area is 122 Å². The minimum absolute atomic E-state index is 0.308. The lowest BCUT2D eigenvalue weighted by Crippen LogP contribution is -2.50. The maximum absolute atomic E-state index is 11.5. The van der Waals surface area contributed by atoms with Crippen LogP contribution in [0.5, 0.6) is 0 Å². The third kappa shape index (κ3) is 3.93. The lowest BCUT2D eigenvalue weighted by Gasteiger charge is -2.37. The molecule has 2 rings (SSSR count). The van der Waals surface area contributed by atoms with Crippen molar-refractivity contribution in [2.75, 3.05) is 39.8 Å². The summed E-state index contributed by atoms with van der Waals surface area (Å²) in [7, 11) is 1.40. The molecule has 0 aromatic rings. The number of rotatable bonds is 6. The Bertz CT molecular complexity index is 333. The average Bonchev–Trinajstić information content (AvgIpc) is 2.90. The van der Waals surface area contributed by atoms with Crippen LogP contribution in [0.3, 0.4) is 0 Å². The zero-order valence-corrected chi connectivity index (χ0v) is 12.9. The number of nitrogens with two attached hydrogens (primary N) is 1. The Morgan fingerprint density at radius 1 is 1.35 bits per heavy atom. The van der Waals surface area contributed by atoms with Crippen LogP contribution in [0.1, 0.15) is 39.0 Å². The first-order valence-electron chi connectivity index (χ1n) is 7.86. The molecule has 2 heterocycles. The molecule has 0 spiro atoms. The van der Waals surface area contributed by atoms with Crippen molar-refractivity contribution in [3.63, 3.8) is 0 Å². The molecular formula is C15H29N3O2. The molecule has 2 unspecified atom stereocenters. The predicted octanol–water partition coefficient (Wildman–Crippen LogP) is 0.827. The SMILES string of the molecule is COC(=O)C(C)(N)CCCCN1CCN2CCCC2C1. The maximum atomic E-state index is 11.5. The lowest BCUT2D eigenvalue weighted by atomic mass is 9.96. The molecule has 2 fully saturated rings. The molecule has 0 radical (unpaired) electrons. The fraction of sp³-hybridized carbons (Fsp3) is 0.933. The van der Waals surface area contributed by atoms with Crippen LogP contribution in [0.15, 0.2) is 0 Å². The van der Waals surface area contributed by atoms with Crippen molar-refractivity contribution < 1.29 is 9.53 Å². The van der Waals surface area contributed by atoms with Crippen LogP contribution < -0.4 is 5.73 Å². The molecular weight excluding hydrogens is 254 g/mol. The maximum Gasteiger partial charge on any atom is 0.325 e. The molecule has 0 aromatic carbocycles. The molecule has 2 atom stereocenters. The van der Waals surface area contributed by atoms with E-state index in [0.29, 0.717) is 6.42 Å². The molecule has 2 aliphatic heterocycles. The van der Waals surface area contributed by atoms with E-state index in [2.05, 4.69) is 9.80 Å². The number of carbonyl (C=O) groups is 1. The summed E-state index contributed by atoms with van der Waals surface area (Å²) in [6, 6.07) is 0.790. The van der Waals surface area contributed by atoms with Crippen molar-refractivity contribution in [2.45, 2.75) is 50.6 Å². The van der Waals surface area contributed by atoms with Crippen LogP contribution in [-0.2, 0) is 9.53 Å². The van der Waals surface area contributed by atoms with Gasteiger partial charge in [0, 0.05) is 25.7 Å². The molecule has 20 heavy (non-hydrogen) atoms. The monoisotopic (exact) mass is 283 g/mol. The topological polar surface area (TPSA) is 58.8 Å². The Kier molecular flexibility index (Phi) is 5.41. The van der Waals surface area contributed by atoms with Gasteiger partial charge in [-0.05, 0) is 52.1 Å². The van der Waals surface area contributed by atoms with E-state index in [9.17, 15) is 4.79 Å². The number of carbonyl (C=O) groups excluding carboxylic acids is 1. The zero-order chi connectivity index (χ0) is 14.6. The molecule has 0 aliphatic carbocycles. The largest absolute Gasteiger partial charge is 0.468 e. The van der Waals surface area contributed by atoms with Crippen molar-refractivity contribution in [3.05, 3.63) is 0 Å². The molecule has 0 saturated carbocycles. The van der Waals surface area contributed by atoms with Gasteiger partial charge in [-0.3, -0.25) is 9.69 Å². The molecule has 0 amide bonds. The summed E-state index contributed by atoms with van der Waals surface area (Å²) in [5.41, 5.74) is 5.13. The van der Waals surface area contributed by atoms with E-state index in [1.807, 2.05) is 0 Å². The van der Waals surface area contributed by atoms with E-state index < -0.39 is 5.54 Å². The molecule has 0 bridgehead atoms. The summed E-state index contributed by atoms with van der Waals surface area (Å²) in [6.07, 6.45) is 5.51. The molecule has 2 aliphatic rings. The van der Waals surface area contributed by atoms with Gasteiger partial charge in [0.2, 0.25) is 0 Å².